The molecule has 2 aliphatic rings. The Hall–Kier alpha value is -2.62. The van der Waals surface area contributed by atoms with Gasteiger partial charge >= 0.3 is 0 Å². The van der Waals surface area contributed by atoms with Crippen LogP contribution in [0.25, 0.3) is 0 Å². The highest BCUT2D eigenvalue weighted by Gasteiger charge is 2.23. The first-order chi connectivity index (χ1) is 12.2. The van der Waals surface area contributed by atoms with Crippen molar-refractivity contribution in [2.75, 3.05) is 18.0 Å². The lowest BCUT2D eigenvalue weighted by Crippen LogP contribution is -2.35. The summed E-state index contributed by atoms with van der Waals surface area (Å²) in [6.45, 7) is 2.24. The van der Waals surface area contributed by atoms with E-state index in [0.717, 1.165) is 43.6 Å². The first kappa shape index (κ1) is 15.9. The van der Waals surface area contributed by atoms with E-state index in [-0.39, 0.29) is 11.8 Å². The lowest BCUT2D eigenvalue weighted by molar-refractivity contribution is -0.128. The van der Waals surface area contributed by atoms with Gasteiger partial charge in [0.15, 0.2) is 0 Å². The van der Waals surface area contributed by atoms with Crippen LogP contribution in [0.15, 0.2) is 48.5 Å². The summed E-state index contributed by atoms with van der Waals surface area (Å²) in [7, 11) is 0. The highest BCUT2D eigenvalue weighted by molar-refractivity contribution is 6.06. The summed E-state index contributed by atoms with van der Waals surface area (Å²) < 4.78 is 0. The number of anilines is 1. The predicted octanol–water partition coefficient (Wildman–Crippen LogP) is 3.40. The maximum Gasteiger partial charge on any atom is 0.258 e. The number of amides is 2. The maximum absolute atomic E-state index is 12.9. The molecule has 0 bridgehead atoms. The minimum atomic E-state index is 0.0518. The van der Waals surface area contributed by atoms with Gasteiger partial charge in [0.2, 0.25) is 5.91 Å². The largest absolute Gasteiger partial charge is 0.338 e. The third-order valence-corrected chi connectivity index (χ3v) is 5.10. The zero-order valence-corrected chi connectivity index (χ0v) is 14.3. The Labute approximate surface area is 148 Å². The summed E-state index contributed by atoms with van der Waals surface area (Å²) in [5.41, 5.74) is 4.05. The first-order valence-electron chi connectivity index (χ1n) is 8.99. The summed E-state index contributed by atoms with van der Waals surface area (Å²) in [6, 6.07) is 15.8. The van der Waals surface area contributed by atoms with Gasteiger partial charge in [-0.3, -0.25) is 9.59 Å². The van der Waals surface area contributed by atoms with Gasteiger partial charge in [0.1, 0.15) is 0 Å². The van der Waals surface area contributed by atoms with Crippen LogP contribution in [0.4, 0.5) is 5.69 Å². The lowest BCUT2D eigenvalue weighted by atomic mass is 10.0. The van der Waals surface area contributed by atoms with Crippen LogP contribution in [0.3, 0.4) is 0 Å². The number of hydrogen-bond acceptors (Lipinski definition) is 2. The van der Waals surface area contributed by atoms with E-state index in [1.807, 2.05) is 52.3 Å². The van der Waals surface area contributed by atoms with Crippen molar-refractivity contribution in [2.24, 2.45) is 0 Å². The van der Waals surface area contributed by atoms with E-state index >= 15 is 0 Å². The van der Waals surface area contributed by atoms with Gasteiger partial charge < -0.3 is 9.80 Å². The Kier molecular flexibility index (Phi) is 4.26. The fourth-order valence-electron chi connectivity index (χ4n) is 3.74. The van der Waals surface area contributed by atoms with Crippen LogP contribution >= 0.6 is 0 Å². The first-order valence-corrected chi connectivity index (χ1v) is 8.99. The summed E-state index contributed by atoms with van der Waals surface area (Å²) in [6.07, 6.45) is 3.63. The average molecular weight is 334 g/mol. The van der Waals surface area contributed by atoms with Gasteiger partial charge in [0, 0.05) is 37.3 Å². The predicted molar refractivity (Wildman–Crippen MR) is 97.5 cm³/mol. The molecule has 0 spiro atoms. The van der Waals surface area contributed by atoms with Crippen LogP contribution in [0, 0.1) is 0 Å². The quantitative estimate of drug-likeness (QED) is 0.863. The highest BCUT2D eigenvalue weighted by Crippen LogP contribution is 2.28. The second-order valence-corrected chi connectivity index (χ2v) is 6.80. The van der Waals surface area contributed by atoms with E-state index < -0.39 is 0 Å². The Morgan fingerprint density at radius 1 is 0.920 bits per heavy atom. The number of rotatable bonds is 3. The summed E-state index contributed by atoms with van der Waals surface area (Å²) in [4.78, 5) is 28.4. The summed E-state index contributed by atoms with van der Waals surface area (Å²) in [5, 5.41) is 0. The van der Waals surface area contributed by atoms with Gasteiger partial charge in [-0.25, -0.2) is 0 Å². The molecule has 0 aliphatic carbocycles. The number of nitrogens with zero attached hydrogens (tertiary/aromatic N) is 2. The molecule has 4 nitrogen and oxygen atoms in total. The number of para-hydroxylation sites is 1. The van der Waals surface area contributed by atoms with E-state index in [9.17, 15) is 9.59 Å². The van der Waals surface area contributed by atoms with Crippen LogP contribution in [-0.2, 0) is 17.8 Å². The molecule has 1 saturated heterocycles. The molecule has 4 heteroatoms. The van der Waals surface area contributed by atoms with Gasteiger partial charge in [0.25, 0.3) is 5.91 Å². The van der Waals surface area contributed by atoms with E-state index in [1.165, 1.54) is 5.56 Å². The van der Waals surface area contributed by atoms with E-state index in [4.69, 9.17) is 0 Å². The van der Waals surface area contributed by atoms with E-state index in [1.54, 1.807) is 0 Å². The topological polar surface area (TPSA) is 40.6 Å². The van der Waals surface area contributed by atoms with E-state index in [0.29, 0.717) is 18.5 Å². The number of carbonyl (C=O) groups is 2. The molecule has 2 amide bonds. The Morgan fingerprint density at radius 3 is 2.44 bits per heavy atom. The maximum atomic E-state index is 12.9. The van der Waals surface area contributed by atoms with Crippen LogP contribution in [-0.4, -0.2) is 29.8 Å². The average Bonchev–Trinajstić information content (AvgIpc) is 3.06. The minimum absolute atomic E-state index is 0.0518. The summed E-state index contributed by atoms with van der Waals surface area (Å²) in [5.74, 6) is 0.279. The molecule has 0 N–H and O–H groups in total. The van der Waals surface area contributed by atoms with Gasteiger partial charge in [-0.2, -0.15) is 0 Å². The fraction of sp³-hybridized carbons (Fsp3) is 0.333. The molecule has 2 aromatic rings. The molecule has 0 aromatic heterocycles. The molecule has 2 aromatic carbocycles. The molecule has 0 atom stereocenters. The zero-order valence-electron chi connectivity index (χ0n) is 14.3. The van der Waals surface area contributed by atoms with Gasteiger partial charge in [0.05, 0.1) is 0 Å². The Balaban J connectivity index is 1.51. The summed E-state index contributed by atoms with van der Waals surface area (Å²) >= 11 is 0. The van der Waals surface area contributed by atoms with Crippen molar-refractivity contribution < 1.29 is 9.59 Å². The Morgan fingerprint density at radius 2 is 1.68 bits per heavy atom. The second kappa shape index (κ2) is 6.71. The van der Waals surface area contributed by atoms with Crippen LogP contribution in [0.2, 0.25) is 0 Å². The molecule has 0 radical (unpaired) electrons. The molecular formula is C21H22N2O2. The highest BCUT2D eigenvalue weighted by atomic mass is 16.2. The zero-order chi connectivity index (χ0) is 17.2. The molecule has 4 rings (SSSR count). The molecular weight excluding hydrogens is 312 g/mol. The smallest absolute Gasteiger partial charge is 0.258 e. The van der Waals surface area contributed by atoms with Crippen LogP contribution in [0.1, 0.15) is 40.7 Å². The van der Waals surface area contributed by atoms with Crippen molar-refractivity contribution in [1.29, 1.82) is 0 Å². The molecule has 0 saturated carbocycles. The lowest BCUT2D eigenvalue weighted by Gasteiger charge is -2.29. The van der Waals surface area contributed by atoms with Gasteiger partial charge in [-0.05, 0) is 48.6 Å². The molecule has 128 valence electrons. The number of benzene rings is 2. The van der Waals surface area contributed by atoms with Crippen LogP contribution < -0.4 is 4.90 Å². The minimum Gasteiger partial charge on any atom is -0.338 e. The van der Waals surface area contributed by atoms with Gasteiger partial charge in [-0.1, -0.05) is 30.3 Å². The normalized spacial score (nSPS) is 16.9. The molecule has 2 heterocycles. The SMILES string of the molecule is O=C1CCCN1Cc1ccc(C(=O)N2CCCc3ccccc32)cc1. The van der Waals surface area contributed by atoms with Crippen molar-refractivity contribution in [3.63, 3.8) is 0 Å². The molecule has 25 heavy (non-hydrogen) atoms. The van der Waals surface area contributed by atoms with Crippen molar-refractivity contribution in [3.05, 3.63) is 65.2 Å². The number of likely N-dealkylation sites (tertiary alicyclic amines) is 1. The fourth-order valence-corrected chi connectivity index (χ4v) is 3.74. The standard InChI is InChI=1S/C21H22N2O2/c24-20-8-4-13-22(20)15-16-9-11-18(12-10-16)21(25)23-14-3-6-17-5-1-2-7-19(17)23/h1-2,5,7,9-12H,3-4,6,8,13-15H2. The number of fused-ring (bicyclic) bond motifs is 1. The number of aryl methyl sites for hydroxylation is 1. The van der Waals surface area contributed by atoms with Crippen LogP contribution in [0.5, 0.6) is 0 Å². The third kappa shape index (κ3) is 3.16. The monoisotopic (exact) mass is 334 g/mol. The molecule has 1 fully saturated rings. The van der Waals surface area contributed by atoms with E-state index in [2.05, 4.69) is 6.07 Å². The number of hydrogen-bond donors (Lipinski definition) is 0. The second-order valence-electron chi connectivity index (χ2n) is 6.80. The third-order valence-electron chi connectivity index (χ3n) is 5.10. The van der Waals surface area contributed by atoms with Crippen molar-refractivity contribution in [1.82, 2.24) is 4.90 Å². The Bertz CT molecular complexity index is 798. The van der Waals surface area contributed by atoms with Gasteiger partial charge in [-0.15, -0.1) is 0 Å². The van der Waals surface area contributed by atoms with Crippen molar-refractivity contribution >= 4 is 17.5 Å². The molecule has 2 aliphatic heterocycles. The van der Waals surface area contributed by atoms with Crippen molar-refractivity contribution in [3.8, 4) is 0 Å². The van der Waals surface area contributed by atoms with Crippen molar-refractivity contribution in [2.45, 2.75) is 32.2 Å². The molecule has 0 unspecified atom stereocenters. The number of carbonyl (C=O) groups excluding carboxylic acids is 2.